The second kappa shape index (κ2) is 8.95. The Morgan fingerprint density at radius 1 is 0.357 bits per heavy atom. The summed E-state index contributed by atoms with van der Waals surface area (Å²) < 4.78 is 12.4. The molecule has 42 heavy (non-hydrogen) atoms. The van der Waals surface area contributed by atoms with Crippen molar-refractivity contribution >= 4 is 54.5 Å². The Bertz CT molecular complexity index is 2400. The highest BCUT2D eigenvalue weighted by molar-refractivity contribution is 6.26. The normalized spacial score (nSPS) is 11.8. The Labute approximate surface area is 242 Å². The summed E-state index contributed by atoms with van der Waals surface area (Å²) >= 11 is 0. The number of hydrogen-bond acceptors (Lipinski definition) is 2. The van der Waals surface area contributed by atoms with Crippen LogP contribution in [0, 0.1) is 0 Å². The van der Waals surface area contributed by atoms with Crippen molar-refractivity contribution in [2.24, 2.45) is 0 Å². The smallest absolute Gasteiger partial charge is 0.178 e. The van der Waals surface area contributed by atoms with Gasteiger partial charge in [0.05, 0.1) is 6.26 Å². The van der Waals surface area contributed by atoms with Gasteiger partial charge in [-0.2, -0.15) is 0 Å². The first-order chi connectivity index (χ1) is 20.8. The van der Waals surface area contributed by atoms with Crippen LogP contribution >= 0.6 is 0 Å². The molecule has 0 bridgehead atoms. The molecule has 0 aliphatic carbocycles. The van der Waals surface area contributed by atoms with E-state index in [1.54, 1.807) is 6.26 Å². The van der Waals surface area contributed by atoms with E-state index in [2.05, 4.69) is 127 Å². The van der Waals surface area contributed by atoms with Crippen LogP contribution in [0.25, 0.3) is 87.8 Å². The maximum Gasteiger partial charge on any atom is 0.178 e. The summed E-state index contributed by atoms with van der Waals surface area (Å²) in [5.74, 6) is 0. The van der Waals surface area contributed by atoms with Crippen molar-refractivity contribution in [1.82, 2.24) is 0 Å². The first kappa shape index (κ1) is 23.1. The maximum absolute atomic E-state index is 6.32. The molecule has 9 aromatic rings. The van der Waals surface area contributed by atoms with Crippen molar-refractivity contribution in [1.29, 1.82) is 0 Å². The fraction of sp³-hybridized carbons (Fsp3) is 0. The third-order valence-corrected chi connectivity index (χ3v) is 8.54. The predicted molar refractivity (Wildman–Crippen MR) is 175 cm³/mol. The minimum Gasteiger partial charge on any atom is -0.460 e. The number of furan rings is 2. The number of benzene rings is 7. The second-order valence-corrected chi connectivity index (χ2v) is 10.9. The van der Waals surface area contributed by atoms with Crippen LogP contribution in [0.5, 0.6) is 0 Å². The average Bonchev–Trinajstić information content (AvgIpc) is 3.69. The van der Waals surface area contributed by atoms with Crippen LogP contribution in [0.2, 0.25) is 0 Å². The summed E-state index contributed by atoms with van der Waals surface area (Å²) in [5, 5.41) is 8.09. The van der Waals surface area contributed by atoms with Gasteiger partial charge in [-0.3, -0.25) is 0 Å². The molecule has 2 heteroatoms. The van der Waals surface area contributed by atoms with Gasteiger partial charge in [-0.05, 0) is 79.2 Å². The lowest BCUT2D eigenvalue weighted by Gasteiger charge is -2.18. The number of para-hydroxylation sites is 1. The Morgan fingerprint density at radius 3 is 1.69 bits per heavy atom. The van der Waals surface area contributed by atoms with E-state index < -0.39 is 0 Å². The van der Waals surface area contributed by atoms with E-state index in [1.165, 1.54) is 49.4 Å². The lowest BCUT2D eigenvalue weighted by molar-refractivity contribution is 0.600. The molecule has 196 valence electrons. The highest BCUT2D eigenvalue weighted by atomic mass is 16.4. The molecular formula is C40H24O2. The van der Waals surface area contributed by atoms with Gasteiger partial charge in [0.1, 0.15) is 5.58 Å². The summed E-state index contributed by atoms with van der Waals surface area (Å²) in [5.41, 5.74) is 9.69. The van der Waals surface area contributed by atoms with Gasteiger partial charge in [-0.25, -0.2) is 0 Å². The molecule has 2 aromatic heterocycles. The fourth-order valence-corrected chi connectivity index (χ4v) is 6.72. The molecule has 0 saturated carbocycles. The molecule has 2 heterocycles. The van der Waals surface area contributed by atoms with Gasteiger partial charge >= 0.3 is 0 Å². The molecule has 9 rings (SSSR count). The van der Waals surface area contributed by atoms with E-state index in [-0.39, 0.29) is 0 Å². The van der Waals surface area contributed by atoms with Crippen LogP contribution in [-0.2, 0) is 0 Å². The first-order valence-electron chi connectivity index (χ1n) is 14.3. The molecule has 0 saturated heterocycles. The summed E-state index contributed by atoms with van der Waals surface area (Å²) in [4.78, 5) is 0. The van der Waals surface area contributed by atoms with Crippen LogP contribution in [0.15, 0.2) is 155 Å². The van der Waals surface area contributed by atoms with Gasteiger partial charge in [-0.15, -0.1) is 0 Å². The zero-order valence-electron chi connectivity index (χ0n) is 22.7. The molecule has 0 amide bonds. The van der Waals surface area contributed by atoms with Crippen LogP contribution < -0.4 is 0 Å². The highest BCUT2D eigenvalue weighted by Gasteiger charge is 2.22. The third kappa shape index (κ3) is 3.33. The van der Waals surface area contributed by atoms with Crippen molar-refractivity contribution in [3.05, 3.63) is 146 Å². The van der Waals surface area contributed by atoms with E-state index in [0.29, 0.717) is 0 Å². The lowest BCUT2D eigenvalue weighted by atomic mass is 9.84. The van der Waals surface area contributed by atoms with E-state index in [4.69, 9.17) is 8.83 Å². The van der Waals surface area contributed by atoms with Crippen LogP contribution in [0.1, 0.15) is 0 Å². The van der Waals surface area contributed by atoms with Gasteiger partial charge in [0.2, 0.25) is 0 Å². The molecule has 2 nitrogen and oxygen atoms in total. The van der Waals surface area contributed by atoms with Crippen LogP contribution in [0.3, 0.4) is 0 Å². The summed E-state index contributed by atoms with van der Waals surface area (Å²) in [6, 6.07) is 49.7. The SMILES string of the molecule is c1ccc(-c2cccc(-c3c4ccccc4c(-c4cc5c6ccccc6oc5c5occc45)c4ccccc34)c2)cc1. The molecule has 0 radical (unpaired) electrons. The highest BCUT2D eigenvalue weighted by Crippen LogP contribution is 2.48. The molecule has 0 aliphatic rings. The van der Waals surface area contributed by atoms with Crippen molar-refractivity contribution in [2.45, 2.75) is 0 Å². The second-order valence-electron chi connectivity index (χ2n) is 10.9. The zero-order valence-corrected chi connectivity index (χ0v) is 22.7. The van der Waals surface area contributed by atoms with Crippen molar-refractivity contribution < 1.29 is 8.83 Å². The van der Waals surface area contributed by atoms with Gasteiger partial charge in [-0.1, -0.05) is 115 Å². The summed E-state index contributed by atoms with van der Waals surface area (Å²) in [6.07, 6.45) is 1.77. The van der Waals surface area contributed by atoms with E-state index >= 15 is 0 Å². The van der Waals surface area contributed by atoms with Crippen molar-refractivity contribution in [2.75, 3.05) is 0 Å². The van der Waals surface area contributed by atoms with E-state index in [1.807, 2.05) is 12.1 Å². The van der Waals surface area contributed by atoms with E-state index in [9.17, 15) is 0 Å². The molecular weight excluding hydrogens is 512 g/mol. The minimum absolute atomic E-state index is 0.784. The van der Waals surface area contributed by atoms with Gasteiger partial charge in [0.15, 0.2) is 11.2 Å². The Kier molecular flexibility index (Phi) is 4.93. The van der Waals surface area contributed by atoms with Crippen molar-refractivity contribution in [3.63, 3.8) is 0 Å². The van der Waals surface area contributed by atoms with Crippen LogP contribution in [0.4, 0.5) is 0 Å². The molecule has 0 atom stereocenters. The zero-order chi connectivity index (χ0) is 27.6. The predicted octanol–water partition coefficient (Wildman–Crippen LogP) is 11.6. The Hall–Kier alpha value is -5.60. The van der Waals surface area contributed by atoms with Gasteiger partial charge < -0.3 is 8.83 Å². The van der Waals surface area contributed by atoms with Gasteiger partial charge in [0.25, 0.3) is 0 Å². The Morgan fingerprint density at radius 2 is 0.952 bits per heavy atom. The lowest BCUT2D eigenvalue weighted by Crippen LogP contribution is -1.91. The molecule has 0 N–H and O–H groups in total. The van der Waals surface area contributed by atoms with Crippen LogP contribution in [-0.4, -0.2) is 0 Å². The maximum atomic E-state index is 6.32. The largest absolute Gasteiger partial charge is 0.460 e. The number of fused-ring (bicyclic) bond motifs is 7. The molecule has 0 unspecified atom stereocenters. The molecule has 0 spiro atoms. The third-order valence-electron chi connectivity index (χ3n) is 8.54. The van der Waals surface area contributed by atoms with E-state index in [0.717, 1.165) is 38.5 Å². The molecule has 0 fully saturated rings. The fourth-order valence-electron chi connectivity index (χ4n) is 6.72. The average molecular weight is 537 g/mol. The quantitative estimate of drug-likeness (QED) is 0.210. The number of rotatable bonds is 3. The number of hydrogen-bond donors (Lipinski definition) is 0. The molecule has 7 aromatic carbocycles. The first-order valence-corrected chi connectivity index (χ1v) is 14.3. The summed E-state index contributed by atoms with van der Waals surface area (Å²) in [6.45, 7) is 0. The summed E-state index contributed by atoms with van der Waals surface area (Å²) in [7, 11) is 0. The Balaban J connectivity index is 1.41. The topological polar surface area (TPSA) is 26.3 Å². The van der Waals surface area contributed by atoms with Gasteiger partial charge in [0, 0.05) is 16.2 Å². The van der Waals surface area contributed by atoms with Crippen molar-refractivity contribution in [3.8, 4) is 33.4 Å². The standard InChI is InChI=1S/C40H24O2/c1-2-11-25(12-3-1)26-13-10-14-27(23-26)37-29-16-4-6-18-31(29)38(32-19-7-5-17-30(32)37)34-24-35-28-15-8-9-20-36(28)42-40(35)39-33(34)21-22-41-39/h1-24H. The monoisotopic (exact) mass is 536 g/mol. The molecule has 0 aliphatic heterocycles. The minimum atomic E-state index is 0.784.